The van der Waals surface area contributed by atoms with E-state index in [9.17, 15) is 0 Å². The van der Waals surface area contributed by atoms with E-state index >= 15 is 0 Å². The van der Waals surface area contributed by atoms with Crippen LogP contribution >= 0.6 is 0 Å². The Bertz CT molecular complexity index is 2010. The molecular weight excluding hydrogens is 522 g/mol. The quantitative estimate of drug-likeness (QED) is 0.153. The van der Waals surface area contributed by atoms with Crippen LogP contribution in [0.5, 0.6) is 0 Å². The monoisotopic (exact) mass is 555 g/mol. The first-order chi connectivity index (χ1) is 21.3. The number of hydrogen-bond acceptors (Lipinski definition) is 1. The molecule has 4 aromatic carbocycles. The zero-order valence-electron chi connectivity index (χ0n) is 24.2. The number of amidine groups is 1. The lowest BCUT2D eigenvalue weighted by Gasteiger charge is -2.22. The number of para-hydroxylation sites is 2. The summed E-state index contributed by atoms with van der Waals surface area (Å²) in [5.41, 5.74) is 11.4. The van der Waals surface area contributed by atoms with Crippen molar-refractivity contribution in [2.75, 3.05) is 6.54 Å². The molecule has 0 saturated heterocycles. The molecule has 2 unspecified atom stereocenters. The Kier molecular flexibility index (Phi) is 6.37. The average Bonchev–Trinajstić information content (AvgIpc) is 3.61. The average molecular weight is 556 g/mol. The summed E-state index contributed by atoms with van der Waals surface area (Å²) in [5, 5.41) is 2.60. The highest BCUT2D eigenvalue weighted by Crippen LogP contribution is 2.46. The van der Waals surface area contributed by atoms with Gasteiger partial charge in [0.2, 0.25) is 0 Å². The number of nitrogens with zero attached hydrogens (tertiary/aromatic N) is 3. The van der Waals surface area contributed by atoms with Crippen LogP contribution in [0.1, 0.15) is 41.0 Å². The van der Waals surface area contributed by atoms with E-state index in [4.69, 9.17) is 4.99 Å². The maximum atomic E-state index is 4.94. The van der Waals surface area contributed by atoms with Gasteiger partial charge in [-0.1, -0.05) is 103 Å². The number of aliphatic imine (C=N–C) groups is 2. The second-order valence-corrected chi connectivity index (χ2v) is 11.7. The molecule has 3 heteroatoms. The van der Waals surface area contributed by atoms with Crippen molar-refractivity contribution in [3.8, 4) is 5.69 Å². The Balaban J connectivity index is 1.10. The maximum absolute atomic E-state index is 4.94. The molecule has 0 amide bonds. The third kappa shape index (κ3) is 4.44. The van der Waals surface area contributed by atoms with Crippen LogP contribution in [0, 0.1) is 5.92 Å². The molecule has 43 heavy (non-hydrogen) atoms. The van der Waals surface area contributed by atoms with Crippen molar-refractivity contribution in [1.82, 2.24) is 4.57 Å². The van der Waals surface area contributed by atoms with Crippen molar-refractivity contribution >= 4 is 39.9 Å². The second-order valence-electron chi connectivity index (χ2n) is 11.7. The normalized spacial score (nSPS) is 19.3. The van der Waals surface area contributed by atoms with Crippen molar-refractivity contribution in [1.29, 1.82) is 0 Å². The number of rotatable bonds is 5. The molecule has 5 aromatic rings. The fraction of sp³-hybridized carbons (Fsp3) is 0.150. The van der Waals surface area contributed by atoms with Gasteiger partial charge in [0.15, 0.2) is 5.84 Å². The fourth-order valence-electron chi connectivity index (χ4n) is 7.26. The number of fused-ring (bicyclic) bond motifs is 6. The minimum absolute atomic E-state index is 0.351. The van der Waals surface area contributed by atoms with Gasteiger partial charge >= 0.3 is 0 Å². The SMILES string of the molecule is C=NC(=NCC1=CC2Cc3cccc(-n4c5ccccc5c5ccccc54)c3C2C=C1)c1cccc(C2=CCCC=C2)c1. The highest BCUT2D eigenvalue weighted by Gasteiger charge is 2.34. The van der Waals surface area contributed by atoms with Crippen LogP contribution in [0.3, 0.4) is 0 Å². The molecule has 0 bridgehead atoms. The first kappa shape index (κ1) is 25.7. The summed E-state index contributed by atoms with van der Waals surface area (Å²) in [5.74, 6) is 1.47. The standard InChI is InChI=1S/C40H33N3/c1-41-40(31-15-9-13-29(24-31)28-11-3-2-4-12-28)42-26-27-21-22-33-32(23-27)25-30-14-10-20-38(39(30)33)43-36-18-7-5-16-34(36)35-17-6-8-19-37(35)43/h3,5-24,32-33H,1-2,4,25-26H2. The Morgan fingerprint density at radius 1 is 0.837 bits per heavy atom. The third-order valence-corrected chi connectivity index (χ3v) is 9.20. The summed E-state index contributed by atoms with van der Waals surface area (Å²) < 4.78 is 2.47. The van der Waals surface area contributed by atoms with Gasteiger partial charge in [0.1, 0.15) is 0 Å². The summed E-state index contributed by atoms with van der Waals surface area (Å²) in [6.45, 7) is 4.45. The Hall–Kier alpha value is -5.02. The Morgan fingerprint density at radius 2 is 1.63 bits per heavy atom. The number of allylic oxidation sites excluding steroid dienone is 6. The van der Waals surface area contributed by atoms with E-state index in [1.54, 1.807) is 0 Å². The lowest BCUT2D eigenvalue weighted by molar-refractivity contribution is 0.622. The second kappa shape index (κ2) is 10.7. The molecule has 0 spiro atoms. The lowest BCUT2D eigenvalue weighted by atomic mass is 9.85. The minimum atomic E-state index is 0.351. The summed E-state index contributed by atoms with van der Waals surface area (Å²) in [6.07, 6.45) is 17.1. The maximum Gasteiger partial charge on any atom is 0.154 e. The zero-order chi connectivity index (χ0) is 28.8. The van der Waals surface area contributed by atoms with Gasteiger partial charge in [0.05, 0.1) is 23.3 Å². The van der Waals surface area contributed by atoms with Gasteiger partial charge < -0.3 is 4.57 Å². The Labute approximate surface area is 252 Å². The van der Waals surface area contributed by atoms with Gasteiger partial charge in [-0.25, -0.2) is 4.99 Å². The summed E-state index contributed by atoms with van der Waals surface area (Å²) in [4.78, 5) is 9.26. The Morgan fingerprint density at radius 3 is 2.40 bits per heavy atom. The summed E-state index contributed by atoms with van der Waals surface area (Å²) in [6, 6.07) is 32.9. The van der Waals surface area contributed by atoms with Gasteiger partial charge in [-0.2, -0.15) is 0 Å². The highest BCUT2D eigenvalue weighted by molar-refractivity contribution is 6.09. The predicted octanol–water partition coefficient (Wildman–Crippen LogP) is 9.42. The first-order valence-corrected chi connectivity index (χ1v) is 15.3. The molecule has 0 fully saturated rings. The minimum Gasteiger partial charge on any atom is -0.309 e. The van der Waals surface area contributed by atoms with E-state index in [-0.39, 0.29) is 0 Å². The van der Waals surface area contributed by atoms with Gasteiger partial charge in [-0.05, 0) is 84.0 Å². The van der Waals surface area contributed by atoms with Crippen LogP contribution in [0.25, 0.3) is 33.1 Å². The molecule has 8 rings (SSSR count). The van der Waals surface area contributed by atoms with Crippen molar-refractivity contribution in [2.45, 2.75) is 25.2 Å². The topological polar surface area (TPSA) is 29.6 Å². The van der Waals surface area contributed by atoms with E-state index in [1.807, 2.05) is 0 Å². The lowest BCUT2D eigenvalue weighted by Crippen LogP contribution is -2.10. The van der Waals surface area contributed by atoms with Crippen molar-refractivity contribution in [3.05, 3.63) is 155 Å². The fourth-order valence-corrected chi connectivity index (χ4v) is 7.26. The highest BCUT2D eigenvalue weighted by atomic mass is 15.0. The molecule has 2 atom stereocenters. The molecule has 3 aliphatic rings. The number of aromatic nitrogens is 1. The van der Waals surface area contributed by atoms with E-state index in [0.717, 1.165) is 24.8 Å². The third-order valence-electron chi connectivity index (χ3n) is 9.20. The first-order valence-electron chi connectivity index (χ1n) is 15.3. The zero-order valence-corrected chi connectivity index (χ0v) is 24.2. The van der Waals surface area contributed by atoms with Gasteiger partial charge in [0, 0.05) is 22.3 Å². The van der Waals surface area contributed by atoms with Crippen LogP contribution in [-0.4, -0.2) is 23.7 Å². The molecular formula is C40H33N3. The van der Waals surface area contributed by atoms with Crippen LogP contribution in [-0.2, 0) is 6.42 Å². The van der Waals surface area contributed by atoms with Crippen molar-refractivity contribution in [2.24, 2.45) is 15.9 Å². The van der Waals surface area contributed by atoms with Gasteiger partial charge in [0.25, 0.3) is 0 Å². The molecule has 208 valence electrons. The van der Waals surface area contributed by atoms with Crippen LogP contribution in [0.2, 0.25) is 0 Å². The van der Waals surface area contributed by atoms with Crippen molar-refractivity contribution in [3.63, 3.8) is 0 Å². The molecule has 0 radical (unpaired) electrons. The molecule has 0 saturated carbocycles. The van der Waals surface area contributed by atoms with E-state index in [2.05, 4.69) is 144 Å². The summed E-state index contributed by atoms with van der Waals surface area (Å²) >= 11 is 0. The molecule has 0 N–H and O–H groups in total. The molecule has 1 heterocycles. The summed E-state index contributed by atoms with van der Waals surface area (Å²) in [7, 11) is 0. The van der Waals surface area contributed by atoms with E-state index in [1.165, 1.54) is 55.3 Å². The largest absolute Gasteiger partial charge is 0.309 e. The number of hydrogen-bond donors (Lipinski definition) is 0. The molecule has 3 nitrogen and oxygen atoms in total. The smallest absolute Gasteiger partial charge is 0.154 e. The van der Waals surface area contributed by atoms with Crippen LogP contribution in [0.15, 0.2) is 143 Å². The van der Waals surface area contributed by atoms with E-state index in [0.29, 0.717) is 24.2 Å². The molecule has 0 aliphatic heterocycles. The van der Waals surface area contributed by atoms with Crippen molar-refractivity contribution < 1.29 is 0 Å². The van der Waals surface area contributed by atoms with E-state index < -0.39 is 0 Å². The predicted molar refractivity (Wildman–Crippen MR) is 182 cm³/mol. The van der Waals surface area contributed by atoms with Crippen LogP contribution < -0.4 is 0 Å². The van der Waals surface area contributed by atoms with Crippen LogP contribution in [0.4, 0.5) is 0 Å². The van der Waals surface area contributed by atoms with Gasteiger partial charge in [-0.15, -0.1) is 0 Å². The molecule has 3 aliphatic carbocycles. The number of benzene rings is 4. The molecule has 1 aromatic heterocycles. The van der Waals surface area contributed by atoms with Gasteiger partial charge in [-0.3, -0.25) is 4.99 Å².